The van der Waals surface area contributed by atoms with E-state index in [0.717, 1.165) is 9.32 Å². The molecule has 0 radical (unpaired) electrons. The molecule has 0 amide bonds. The molecule has 0 bridgehead atoms. The molecule has 1 N–H and O–H groups in total. The van der Waals surface area contributed by atoms with Gasteiger partial charge >= 0.3 is 0 Å². The van der Waals surface area contributed by atoms with Crippen molar-refractivity contribution < 1.29 is 9.84 Å². The van der Waals surface area contributed by atoms with E-state index in [9.17, 15) is 5.11 Å². The fourth-order valence-corrected chi connectivity index (χ4v) is 1.51. The summed E-state index contributed by atoms with van der Waals surface area (Å²) in [6.07, 6.45) is 0. The van der Waals surface area contributed by atoms with E-state index in [1.807, 2.05) is 20.8 Å². The molecule has 0 aliphatic rings. The third-order valence-electron chi connectivity index (χ3n) is 1.33. The van der Waals surface area contributed by atoms with Crippen LogP contribution in [0.1, 0.15) is 20.8 Å². The lowest BCUT2D eigenvalue weighted by Crippen LogP contribution is -2.23. The lowest BCUT2D eigenvalue weighted by atomic mass is 10.2. The second-order valence-corrected chi connectivity index (χ2v) is 4.99. The maximum absolute atomic E-state index is 9.18. The molecule has 0 aliphatic heterocycles. The van der Waals surface area contributed by atoms with Gasteiger partial charge in [0.05, 0.1) is 3.57 Å². The molecule has 0 unspecified atom stereocenters. The van der Waals surface area contributed by atoms with Crippen molar-refractivity contribution >= 4 is 22.6 Å². The smallest absolute Gasteiger partial charge is 0.133 e. The molecule has 0 saturated heterocycles. The second-order valence-electron chi connectivity index (χ2n) is 3.83. The van der Waals surface area contributed by atoms with Crippen LogP contribution in [0.25, 0.3) is 0 Å². The highest BCUT2D eigenvalue weighted by Gasteiger charge is 2.13. The van der Waals surface area contributed by atoms with E-state index >= 15 is 0 Å². The molecule has 0 atom stereocenters. The van der Waals surface area contributed by atoms with Crippen LogP contribution in [0.2, 0.25) is 0 Å². The standard InChI is InChI=1S/C10H13IO2/c1-10(2,3)13-9-5-4-7(12)6-8(9)11/h4-6,12H,1-3H3. The Kier molecular flexibility index (Phi) is 3.05. The first-order valence-electron chi connectivity index (χ1n) is 4.06. The average Bonchev–Trinajstić information content (AvgIpc) is 1.93. The molecule has 13 heavy (non-hydrogen) atoms. The molecular formula is C10H13IO2. The van der Waals surface area contributed by atoms with Crippen LogP contribution >= 0.6 is 22.6 Å². The quantitative estimate of drug-likeness (QED) is 0.806. The van der Waals surface area contributed by atoms with Crippen LogP contribution in [0, 0.1) is 3.57 Å². The van der Waals surface area contributed by atoms with Gasteiger partial charge in [0.2, 0.25) is 0 Å². The summed E-state index contributed by atoms with van der Waals surface area (Å²) >= 11 is 2.14. The highest BCUT2D eigenvalue weighted by Crippen LogP contribution is 2.27. The lowest BCUT2D eigenvalue weighted by Gasteiger charge is -2.22. The Morgan fingerprint density at radius 3 is 2.38 bits per heavy atom. The molecule has 72 valence electrons. The van der Waals surface area contributed by atoms with Crippen LogP contribution in [-0.4, -0.2) is 10.7 Å². The van der Waals surface area contributed by atoms with Crippen LogP contribution in [0.3, 0.4) is 0 Å². The molecular weight excluding hydrogens is 279 g/mol. The van der Waals surface area contributed by atoms with Crippen LogP contribution in [-0.2, 0) is 0 Å². The van der Waals surface area contributed by atoms with Gasteiger partial charge in [0.25, 0.3) is 0 Å². The Hall–Kier alpha value is -0.450. The Balaban J connectivity index is 2.90. The summed E-state index contributed by atoms with van der Waals surface area (Å²) in [6.45, 7) is 5.99. The van der Waals surface area contributed by atoms with Gasteiger partial charge in [-0.25, -0.2) is 0 Å². The fourth-order valence-electron chi connectivity index (χ4n) is 0.902. The van der Waals surface area contributed by atoms with Gasteiger partial charge in [-0.15, -0.1) is 0 Å². The van der Waals surface area contributed by atoms with Crippen LogP contribution < -0.4 is 4.74 Å². The molecule has 0 saturated carbocycles. The van der Waals surface area contributed by atoms with E-state index in [0.29, 0.717) is 0 Å². The SMILES string of the molecule is CC(C)(C)Oc1ccc(O)cc1I. The summed E-state index contributed by atoms with van der Waals surface area (Å²) in [6, 6.07) is 5.09. The number of hydrogen-bond donors (Lipinski definition) is 1. The maximum atomic E-state index is 9.18. The zero-order valence-electron chi connectivity index (χ0n) is 7.97. The minimum Gasteiger partial charge on any atom is -0.508 e. The molecule has 0 aliphatic carbocycles. The summed E-state index contributed by atoms with van der Waals surface area (Å²) in [5, 5.41) is 9.18. The van der Waals surface area contributed by atoms with E-state index in [-0.39, 0.29) is 11.4 Å². The van der Waals surface area contributed by atoms with Crippen LogP contribution in [0.15, 0.2) is 18.2 Å². The number of hydrogen-bond acceptors (Lipinski definition) is 2. The summed E-state index contributed by atoms with van der Waals surface area (Å²) in [5.41, 5.74) is -0.198. The van der Waals surface area contributed by atoms with E-state index in [2.05, 4.69) is 22.6 Å². The van der Waals surface area contributed by atoms with Crippen molar-refractivity contribution in [3.63, 3.8) is 0 Å². The van der Waals surface area contributed by atoms with Gasteiger partial charge in [-0.1, -0.05) is 0 Å². The van der Waals surface area contributed by atoms with Gasteiger partial charge in [-0.2, -0.15) is 0 Å². The second kappa shape index (κ2) is 3.74. The predicted molar refractivity (Wildman–Crippen MR) is 61.2 cm³/mol. The van der Waals surface area contributed by atoms with Crippen molar-refractivity contribution in [3.05, 3.63) is 21.8 Å². The topological polar surface area (TPSA) is 29.5 Å². The molecule has 0 aromatic heterocycles. The lowest BCUT2D eigenvalue weighted by molar-refractivity contribution is 0.129. The normalized spacial score (nSPS) is 11.4. The monoisotopic (exact) mass is 292 g/mol. The fraction of sp³-hybridized carbons (Fsp3) is 0.400. The summed E-state index contributed by atoms with van der Waals surface area (Å²) in [4.78, 5) is 0. The first-order chi connectivity index (χ1) is 5.88. The number of aromatic hydroxyl groups is 1. The molecule has 0 heterocycles. The number of benzene rings is 1. The molecule has 0 spiro atoms. The molecule has 2 nitrogen and oxygen atoms in total. The van der Waals surface area contributed by atoms with E-state index in [1.54, 1.807) is 18.2 Å². The molecule has 1 aromatic rings. The summed E-state index contributed by atoms with van der Waals surface area (Å²) < 4.78 is 6.59. The highest BCUT2D eigenvalue weighted by molar-refractivity contribution is 14.1. The zero-order chi connectivity index (χ0) is 10.1. The Bertz CT molecular complexity index is 302. The Morgan fingerprint density at radius 2 is 1.92 bits per heavy atom. The van der Waals surface area contributed by atoms with Gasteiger partial charge in [-0.3, -0.25) is 0 Å². The minimum absolute atomic E-state index is 0.198. The Morgan fingerprint density at radius 1 is 1.31 bits per heavy atom. The molecule has 1 rings (SSSR count). The van der Waals surface area contributed by atoms with E-state index in [1.165, 1.54) is 0 Å². The molecule has 0 fully saturated rings. The first-order valence-corrected chi connectivity index (χ1v) is 5.14. The third kappa shape index (κ3) is 3.42. The first kappa shape index (κ1) is 10.6. The third-order valence-corrected chi connectivity index (χ3v) is 2.17. The highest BCUT2D eigenvalue weighted by atomic mass is 127. The van der Waals surface area contributed by atoms with Gasteiger partial charge < -0.3 is 9.84 Å². The van der Waals surface area contributed by atoms with Crippen molar-refractivity contribution in [2.75, 3.05) is 0 Å². The molecule has 1 aromatic carbocycles. The number of halogens is 1. The van der Waals surface area contributed by atoms with Gasteiger partial charge in [0.1, 0.15) is 17.1 Å². The van der Waals surface area contributed by atoms with Gasteiger partial charge in [0.15, 0.2) is 0 Å². The largest absolute Gasteiger partial charge is 0.508 e. The Labute approximate surface area is 92.1 Å². The number of phenolic OH excluding ortho intramolecular Hbond substituents is 1. The summed E-state index contributed by atoms with van der Waals surface area (Å²) in [5.74, 6) is 1.08. The van der Waals surface area contributed by atoms with Crippen molar-refractivity contribution in [1.29, 1.82) is 0 Å². The number of ether oxygens (including phenoxy) is 1. The summed E-state index contributed by atoms with van der Waals surface area (Å²) in [7, 11) is 0. The van der Waals surface area contributed by atoms with Gasteiger partial charge in [0, 0.05) is 0 Å². The van der Waals surface area contributed by atoms with Crippen molar-refractivity contribution in [2.24, 2.45) is 0 Å². The number of rotatable bonds is 1. The average molecular weight is 292 g/mol. The van der Waals surface area contributed by atoms with Crippen LogP contribution in [0.4, 0.5) is 0 Å². The van der Waals surface area contributed by atoms with Gasteiger partial charge in [-0.05, 0) is 61.6 Å². The predicted octanol–water partition coefficient (Wildman–Crippen LogP) is 3.17. The van der Waals surface area contributed by atoms with Crippen molar-refractivity contribution in [3.8, 4) is 11.5 Å². The van der Waals surface area contributed by atoms with Crippen molar-refractivity contribution in [1.82, 2.24) is 0 Å². The zero-order valence-corrected chi connectivity index (χ0v) is 10.1. The van der Waals surface area contributed by atoms with E-state index in [4.69, 9.17) is 4.74 Å². The van der Waals surface area contributed by atoms with Crippen molar-refractivity contribution in [2.45, 2.75) is 26.4 Å². The van der Waals surface area contributed by atoms with E-state index < -0.39 is 0 Å². The molecule has 3 heteroatoms. The number of phenols is 1. The van der Waals surface area contributed by atoms with Crippen LogP contribution in [0.5, 0.6) is 11.5 Å². The maximum Gasteiger partial charge on any atom is 0.133 e. The minimum atomic E-state index is -0.198.